The van der Waals surface area contributed by atoms with Gasteiger partial charge in [-0.15, -0.1) is 0 Å². The quantitative estimate of drug-likeness (QED) is 0.713. The summed E-state index contributed by atoms with van der Waals surface area (Å²) in [6.07, 6.45) is 0. The molecule has 0 radical (unpaired) electrons. The van der Waals surface area contributed by atoms with Crippen LogP contribution in [-0.4, -0.2) is 20.3 Å². The molecule has 0 fully saturated rings. The van der Waals surface area contributed by atoms with Gasteiger partial charge in [0.25, 0.3) is 0 Å². The Balaban J connectivity index is 2.20. The number of imidazole rings is 1. The molecule has 6 nitrogen and oxygen atoms in total. The summed E-state index contributed by atoms with van der Waals surface area (Å²) >= 11 is 0. The van der Waals surface area contributed by atoms with Gasteiger partial charge >= 0.3 is 5.69 Å². The molecule has 2 heterocycles. The predicted octanol–water partition coefficient (Wildman–Crippen LogP) is 1.56. The Hall–Kier alpha value is -2.89. The average Bonchev–Trinajstić information content (AvgIpc) is 2.77. The van der Waals surface area contributed by atoms with Crippen LogP contribution in [0.25, 0.3) is 11.0 Å². The minimum atomic E-state index is -0.275. The number of ketones is 1. The smallest absolute Gasteiger partial charge is 0.326 e. The molecular weight excluding hydrogens is 268 g/mol. The lowest BCUT2D eigenvalue weighted by molar-refractivity contribution is 0.101. The first-order chi connectivity index (χ1) is 10.1. The number of benzene rings is 1. The van der Waals surface area contributed by atoms with Crippen LogP contribution in [0.2, 0.25) is 0 Å². The molecular formula is C15H14N4O2. The van der Waals surface area contributed by atoms with Crippen molar-refractivity contribution in [3.05, 3.63) is 58.1 Å². The highest BCUT2D eigenvalue weighted by Gasteiger charge is 2.14. The normalized spacial score (nSPS) is 10.9. The van der Waals surface area contributed by atoms with Gasteiger partial charge in [-0.3, -0.25) is 9.36 Å². The number of nitrogens with one attached hydrogen (secondary N) is 1. The molecule has 3 N–H and O–H groups in total. The number of hydrogen-bond donors (Lipinski definition) is 2. The number of H-pyrrole nitrogens is 1. The molecule has 0 aliphatic rings. The maximum absolute atomic E-state index is 12.1. The maximum atomic E-state index is 12.1. The fraction of sp³-hybridized carbons (Fsp3) is 0.133. The zero-order valence-electron chi connectivity index (χ0n) is 11.5. The van der Waals surface area contributed by atoms with Gasteiger partial charge in [-0.05, 0) is 11.6 Å². The number of carbonyl (C=O) groups excluding carboxylic acids is 1. The van der Waals surface area contributed by atoms with Gasteiger partial charge in [-0.1, -0.05) is 30.3 Å². The van der Waals surface area contributed by atoms with Crippen molar-refractivity contribution in [2.75, 3.05) is 5.73 Å². The van der Waals surface area contributed by atoms with E-state index in [0.717, 1.165) is 5.56 Å². The summed E-state index contributed by atoms with van der Waals surface area (Å²) in [5, 5.41) is 0. The van der Waals surface area contributed by atoms with Crippen molar-refractivity contribution in [3.63, 3.8) is 0 Å². The molecule has 6 heteroatoms. The summed E-state index contributed by atoms with van der Waals surface area (Å²) in [5.74, 6) is -0.0369. The number of nitrogens with zero attached hydrogens (tertiary/aromatic N) is 2. The first-order valence-corrected chi connectivity index (χ1v) is 6.50. The SMILES string of the molecule is CC(=O)c1cc2c([nH]c(=O)n2Cc2ccccc2)c(N)n1. The fourth-order valence-corrected chi connectivity index (χ4v) is 2.28. The number of pyridine rings is 1. The van der Waals surface area contributed by atoms with Gasteiger partial charge in [0.15, 0.2) is 5.78 Å². The van der Waals surface area contributed by atoms with Crippen LogP contribution in [0.1, 0.15) is 23.0 Å². The van der Waals surface area contributed by atoms with E-state index in [2.05, 4.69) is 9.97 Å². The molecule has 106 valence electrons. The van der Waals surface area contributed by atoms with Crippen LogP contribution in [0.15, 0.2) is 41.2 Å². The van der Waals surface area contributed by atoms with Crippen LogP contribution in [0.4, 0.5) is 5.82 Å². The molecule has 0 amide bonds. The van der Waals surface area contributed by atoms with E-state index < -0.39 is 0 Å². The van der Waals surface area contributed by atoms with E-state index in [1.165, 1.54) is 6.92 Å². The molecule has 0 unspecified atom stereocenters. The van der Waals surface area contributed by atoms with E-state index in [1.807, 2.05) is 30.3 Å². The number of hydrogen-bond acceptors (Lipinski definition) is 4. The standard InChI is InChI=1S/C15H14N4O2/c1-9(20)11-7-12-13(14(16)17-11)18-15(21)19(12)8-10-5-3-2-4-6-10/h2-7H,8H2,1H3,(H2,16,17)(H,18,21). The third-order valence-corrected chi connectivity index (χ3v) is 3.34. The molecule has 0 atom stereocenters. The number of Topliss-reactive ketones (excluding diaryl/α,β-unsaturated/α-hetero) is 1. The summed E-state index contributed by atoms with van der Waals surface area (Å²) < 4.78 is 1.55. The third kappa shape index (κ3) is 2.31. The minimum absolute atomic E-state index is 0.154. The van der Waals surface area contributed by atoms with Gasteiger partial charge in [0.05, 0.1) is 12.1 Å². The van der Waals surface area contributed by atoms with E-state index in [1.54, 1.807) is 10.6 Å². The third-order valence-electron chi connectivity index (χ3n) is 3.34. The van der Waals surface area contributed by atoms with Crippen molar-refractivity contribution in [1.29, 1.82) is 0 Å². The number of nitrogen functional groups attached to an aromatic ring is 1. The molecule has 0 bridgehead atoms. The van der Waals surface area contributed by atoms with E-state index in [-0.39, 0.29) is 23.0 Å². The maximum Gasteiger partial charge on any atom is 0.326 e. The van der Waals surface area contributed by atoms with Gasteiger partial charge in [-0.2, -0.15) is 0 Å². The van der Waals surface area contributed by atoms with E-state index >= 15 is 0 Å². The van der Waals surface area contributed by atoms with Gasteiger partial charge in [-0.25, -0.2) is 9.78 Å². The lowest BCUT2D eigenvalue weighted by atomic mass is 10.2. The van der Waals surface area contributed by atoms with Crippen LogP contribution in [0, 0.1) is 0 Å². The summed E-state index contributed by atoms with van der Waals surface area (Å²) in [6.45, 7) is 1.82. The lowest BCUT2D eigenvalue weighted by Crippen LogP contribution is -2.17. The number of carbonyl (C=O) groups is 1. The Morgan fingerprint density at radius 3 is 2.71 bits per heavy atom. The van der Waals surface area contributed by atoms with Crippen molar-refractivity contribution in [2.24, 2.45) is 0 Å². The van der Waals surface area contributed by atoms with Crippen LogP contribution in [0.3, 0.4) is 0 Å². The highest BCUT2D eigenvalue weighted by molar-refractivity contribution is 5.97. The second-order valence-corrected chi connectivity index (χ2v) is 4.84. The monoisotopic (exact) mass is 282 g/mol. The first kappa shape index (κ1) is 13.1. The Bertz CT molecular complexity index is 878. The van der Waals surface area contributed by atoms with Crippen LogP contribution >= 0.6 is 0 Å². The van der Waals surface area contributed by atoms with Crippen LogP contribution in [0.5, 0.6) is 0 Å². The zero-order valence-corrected chi connectivity index (χ0v) is 11.5. The van der Waals surface area contributed by atoms with Crippen molar-refractivity contribution >= 4 is 22.6 Å². The molecule has 0 saturated carbocycles. The number of anilines is 1. The van der Waals surface area contributed by atoms with Crippen molar-refractivity contribution in [2.45, 2.75) is 13.5 Å². The van der Waals surface area contributed by atoms with Gasteiger partial charge < -0.3 is 10.7 Å². The largest absolute Gasteiger partial charge is 0.382 e. The highest BCUT2D eigenvalue weighted by Crippen LogP contribution is 2.18. The summed E-state index contributed by atoms with van der Waals surface area (Å²) in [7, 11) is 0. The van der Waals surface area contributed by atoms with Crippen LogP contribution in [-0.2, 0) is 6.54 Å². The zero-order chi connectivity index (χ0) is 15.0. The second kappa shape index (κ2) is 4.90. The Morgan fingerprint density at radius 1 is 1.33 bits per heavy atom. The predicted molar refractivity (Wildman–Crippen MR) is 80.3 cm³/mol. The molecule has 0 aliphatic carbocycles. The number of aromatic nitrogens is 3. The van der Waals surface area contributed by atoms with E-state index in [9.17, 15) is 9.59 Å². The van der Waals surface area contributed by atoms with Crippen molar-refractivity contribution < 1.29 is 4.79 Å². The van der Waals surface area contributed by atoms with Gasteiger partial charge in [0, 0.05) is 6.92 Å². The first-order valence-electron chi connectivity index (χ1n) is 6.50. The average molecular weight is 282 g/mol. The molecule has 0 aliphatic heterocycles. The van der Waals surface area contributed by atoms with Gasteiger partial charge in [0.2, 0.25) is 0 Å². The highest BCUT2D eigenvalue weighted by atomic mass is 16.1. The second-order valence-electron chi connectivity index (χ2n) is 4.84. The Kier molecular flexibility index (Phi) is 3.06. The number of fused-ring (bicyclic) bond motifs is 1. The lowest BCUT2D eigenvalue weighted by Gasteiger charge is -2.05. The number of aromatic amines is 1. The molecule has 1 aromatic carbocycles. The Labute approximate surface area is 120 Å². The molecule has 0 spiro atoms. The van der Waals surface area contributed by atoms with E-state index in [0.29, 0.717) is 17.6 Å². The molecule has 3 aromatic rings. The molecule has 0 saturated heterocycles. The van der Waals surface area contributed by atoms with Crippen molar-refractivity contribution in [3.8, 4) is 0 Å². The van der Waals surface area contributed by atoms with Crippen LogP contribution < -0.4 is 11.4 Å². The Morgan fingerprint density at radius 2 is 2.05 bits per heavy atom. The molecule has 3 rings (SSSR count). The number of nitrogens with two attached hydrogens (primary N) is 1. The van der Waals surface area contributed by atoms with E-state index in [4.69, 9.17) is 5.73 Å². The molecule has 2 aromatic heterocycles. The van der Waals surface area contributed by atoms with Gasteiger partial charge in [0.1, 0.15) is 17.0 Å². The minimum Gasteiger partial charge on any atom is -0.382 e. The summed E-state index contributed by atoms with van der Waals surface area (Å²) in [6, 6.07) is 11.2. The number of rotatable bonds is 3. The molecule has 21 heavy (non-hydrogen) atoms. The summed E-state index contributed by atoms with van der Waals surface area (Å²) in [5.41, 5.74) is 7.83. The topological polar surface area (TPSA) is 93.8 Å². The van der Waals surface area contributed by atoms with Crippen molar-refractivity contribution in [1.82, 2.24) is 14.5 Å². The fourth-order valence-electron chi connectivity index (χ4n) is 2.28. The summed E-state index contributed by atoms with van der Waals surface area (Å²) in [4.78, 5) is 30.3.